The van der Waals surface area contributed by atoms with Crippen molar-refractivity contribution in [2.75, 3.05) is 13.7 Å². The lowest BCUT2D eigenvalue weighted by Gasteiger charge is -2.67. The van der Waals surface area contributed by atoms with Crippen LogP contribution in [0.5, 0.6) is 0 Å². The Morgan fingerprint density at radius 3 is 2.46 bits per heavy atom. The molecular weight excluding hydrogens is 512 g/mol. The molecule has 214 valence electrons. The number of aliphatic hydroxyl groups excluding tert-OH is 3. The monoisotopic (exact) mass is 548 g/mol. The minimum atomic E-state index is -1.98. The molecule has 2 heterocycles. The Bertz CT molecular complexity index is 1190. The molecule has 1 unspecified atom stereocenters. The molecule has 2 bridgehead atoms. The van der Waals surface area contributed by atoms with E-state index in [9.17, 15) is 34.5 Å². The standard InChI is InChI=1S/C28H36O11/c1-11(2)12(3)8-17(30)39-19-21-27(25(35)36-6)10-37-28(21)16(38-24(19)34)9-14-13(4)7-15(29)22(32)26(14,5)20(28)18(31)23(27)33/h7-8,11,14,16,18-23,31-33H,9-10H2,1-6H3/b12-8+/t14-,16+,18+,19+,20+,21-,22+,23-,26-,27-,28?/m0/s1. The van der Waals surface area contributed by atoms with Gasteiger partial charge in [-0.05, 0) is 38.2 Å². The molecule has 0 aromatic carbocycles. The normalized spacial score (nSPS) is 46.6. The predicted molar refractivity (Wildman–Crippen MR) is 131 cm³/mol. The highest BCUT2D eigenvalue weighted by molar-refractivity contribution is 5.96. The van der Waals surface area contributed by atoms with Gasteiger partial charge in [0.2, 0.25) is 6.10 Å². The molecule has 4 fully saturated rings. The van der Waals surface area contributed by atoms with Crippen LogP contribution in [0.2, 0.25) is 0 Å². The fourth-order valence-electron chi connectivity index (χ4n) is 8.21. The van der Waals surface area contributed by atoms with Crippen LogP contribution in [0, 0.1) is 34.5 Å². The van der Waals surface area contributed by atoms with Gasteiger partial charge in [0.05, 0.1) is 31.8 Å². The number of aliphatic hydroxyl groups is 3. The van der Waals surface area contributed by atoms with Crippen LogP contribution in [0.15, 0.2) is 23.3 Å². The summed E-state index contributed by atoms with van der Waals surface area (Å²) in [6.45, 7) is 8.40. The van der Waals surface area contributed by atoms with Crippen molar-refractivity contribution < 1.29 is 53.4 Å². The molecule has 39 heavy (non-hydrogen) atoms. The quantitative estimate of drug-likeness (QED) is 0.250. The van der Waals surface area contributed by atoms with Crippen molar-refractivity contribution in [3.05, 3.63) is 23.3 Å². The summed E-state index contributed by atoms with van der Waals surface area (Å²) in [7, 11) is 1.11. The molecule has 2 saturated carbocycles. The third-order valence-corrected chi connectivity index (χ3v) is 10.3. The van der Waals surface area contributed by atoms with Crippen LogP contribution >= 0.6 is 0 Å². The van der Waals surface area contributed by atoms with Crippen molar-refractivity contribution in [2.24, 2.45) is 34.5 Å². The van der Waals surface area contributed by atoms with Gasteiger partial charge in [-0.25, -0.2) is 9.59 Å². The van der Waals surface area contributed by atoms with Gasteiger partial charge in [-0.15, -0.1) is 0 Å². The van der Waals surface area contributed by atoms with E-state index < -0.39 is 95.0 Å². The molecular formula is C28H36O11. The third kappa shape index (κ3) is 3.36. The number of hydrogen-bond donors (Lipinski definition) is 3. The summed E-state index contributed by atoms with van der Waals surface area (Å²) in [6, 6.07) is 0. The maximum atomic E-state index is 13.5. The Morgan fingerprint density at radius 1 is 1.18 bits per heavy atom. The van der Waals surface area contributed by atoms with E-state index in [-0.39, 0.29) is 12.3 Å². The summed E-state index contributed by atoms with van der Waals surface area (Å²) in [5, 5.41) is 34.6. The van der Waals surface area contributed by atoms with Crippen molar-refractivity contribution in [1.29, 1.82) is 0 Å². The van der Waals surface area contributed by atoms with Crippen molar-refractivity contribution in [2.45, 2.75) is 77.2 Å². The highest BCUT2D eigenvalue weighted by atomic mass is 16.6. The molecule has 5 aliphatic rings. The van der Waals surface area contributed by atoms with Gasteiger partial charge in [-0.2, -0.15) is 0 Å². The molecule has 3 N–H and O–H groups in total. The first-order valence-corrected chi connectivity index (χ1v) is 13.3. The molecule has 1 spiro atoms. The van der Waals surface area contributed by atoms with Crippen molar-refractivity contribution in [3.63, 3.8) is 0 Å². The molecule has 0 aromatic rings. The predicted octanol–water partition coefficient (Wildman–Crippen LogP) is 0.238. The van der Waals surface area contributed by atoms with Gasteiger partial charge in [0.25, 0.3) is 0 Å². The second-order valence-corrected chi connectivity index (χ2v) is 12.2. The summed E-state index contributed by atoms with van der Waals surface area (Å²) in [5.41, 5.74) is -3.71. The number of rotatable bonds is 4. The van der Waals surface area contributed by atoms with E-state index >= 15 is 0 Å². The zero-order chi connectivity index (χ0) is 28.8. The van der Waals surface area contributed by atoms with E-state index in [2.05, 4.69) is 0 Å². The largest absolute Gasteiger partial charge is 0.468 e. The van der Waals surface area contributed by atoms with Crippen LogP contribution in [0.25, 0.3) is 0 Å². The van der Waals surface area contributed by atoms with Crippen molar-refractivity contribution in [3.8, 4) is 0 Å². The first-order valence-electron chi connectivity index (χ1n) is 13.3. The van der Waals surface area contributed by atoms with Crippen LogP contribution in [0.3, 0.4) is 0 Å². The summed E-state index contributed by atoms with van der Waals surface area (Å²) in [5.74, 6) is -6.27. The van der Waals surface area contributed by atoms with Crippen LogP contribution in [0.1, 0.15) is 41.0 Å². The van der Waals surface area contributed by atoms with E-state index in [0.29, 0.717) is 11.1 Å². The van der Waals surface area contributed by atoms with Crippen LogP contribution in [-0.4, -0.2) is 88.8 Å². The van der Waals surface area contributed by atoms with Crippen LogP contribution in [-0.2, 0) is 38.1 Å². The number of carbonyl (C=O) groups excluding carboxylic acids is 4. The molecule has 11 heteroatoms. The molecule has 3 aliphatic carbocycles. The fourth-order valence-corrected chi connectivity index (χ4v) is 8.21. The van der Waals surface area contributed by atoms with Crippen molar-refractivity contribution >= 4 is 23.7 Å². The Kier molecular flexibility index (Phi) is 6.42. The van der Waals surface area contributed by atoms with Crippen LogP contribution < -0.4 is 0 Å². The molecule has 2 aliphatic heterocycles. The lowest BCUT2D eigenvalue weighted by Crippen LogP contribution is -2.81. The summed E-state index contributed by atoms with van der Waals surface area (Å²) in [4.78, 5) is 52.8. The average molecular weight is 549 g/mol. The summed E-state index contributed by atoms with van der Waals surface area (Å²) < 4.78 is 23.0. The number of fused-ring (bicyclic) bond motifs is 2. The number of allylic oxidation sites excluding steroid dienone is 2. The maximum Gasteiger partial charge on any atom is 0.348 e. The van der Waals surface area contributed by atoms with Gasteiger partial charge < -0.3 is 34.3 Å². The highest BCUT2D eigenvalue weighted by Gasteiger charge is 2.86. The number of esters is 3. The molecule has 11 atom stereocenters. The molecule has 0 aromatic heterocycles. The average Bonchev–Trinajstić information content (AvgIpc) is 3.18. The topological polar surface area (TPSA) is 166 Å². The third-order valence-electron chi connectivity index (χ3n) is 10.3. The van der Waals surface area contributed by atoms with Crippen LogP contribution in [0.4, 0.5) is 0 Å². The number of ketones is 1. The van der Waals surface area contributed by atoms with Gasteiger partial charge in [0.1, 0.15) is 23.2 Å². The number of methoxy groups -OCH3 is 1. The smallest absolute Gasteiger partial charge is 0.348 e. The van der Waals surface area contributed by atoms with E-state index in [1.807, 2.05) is 13.8 Å². The minimum absolute atomic E-state index is 0.0210. The SMILES string of the molecule is COC(=O)[C@@]12COC34[C@H]1[C@@H](OC(=O)/C=C(\C)C(C)C)C(=O)O[C@@H]3C[C@H]1C(C)=CC(=O)[C@@H](O)[C@]1(C)[C@H]4[C@@H](O)[C@@H]2O. The van der Waals surface area contributed by atoms with Gasteiger partial charge in [0.15, 0.2) is 5.78 Å². The Balaban J connectivity index is 1.72. The number of hydrogen-bond acceptors (Lipinski definition) is 11. The minimum Gasteiger partial charge on any atom is -0.468 e. The second-order valence-electron chi connectivity index (χ2n) is 12.2. The second kappa shape index (κ2) is 8.95. The molecule has 0 amide bonds. The summed E-state index contributed by atoms with van der Waals surface area (Å²) in [6.07, 6.45) is -5.10. The highest BCUT2D eigenvalue weighted by Crippen LogP contribution is 2.71. The lowest BCUT2D eigenvalue weighted by atomic mass is 9.40. The summed E-state index contributed by atoms with van der Waals surface area (Å²) >= 11 is 0. The first-order chi connectivity index (χ1) is 18.2. The zero-order valence-corrected chi connectivity index (χ0v) is 22.9. The first kappa shape index (κ1) is 27.9. The van der Waals surface area contributed by atoms with Crippen molar-refractivity contribution in [1.82, 2.24) is 0 Å². The van der Waals surface area contributed by atoms with E-state index in [1.165, 1.54) is 12.2 Å². The van der Waals surface area contributed by atoms with Gasteiger partial charge in [-0.1, -0.05) is 31.9 Å². The zero-order valence-electron chi connectivity index (χ0n) is 22.9. The number of ether oxygens (including phenoxy) is 4. The Morgan fingerprint density at radius 2 is 1.85 bits per heavy atom. The fraction of sp³-hybridized carbons (Fsp3) is 0.714. The number of carbonyl (C=O) groups is 4. The maximum absolute atomic E-state index is 13.5. The molecule has 5 rings (SSSR count). The molecule has 11 nitrogen and oxygen atoms in total. The Labute approximate surface area is 226 Å². The van der Waals surface area contributed by atoms with E-state index in [1.54, 1.807) is 20.8 Å². The van der Waals surface area contributed by atoms with Gasteiger partial charge in [-0.3, -0.25) is 9.59 Å². The molecule has 0 radical (unpaired) electrons. The van der Waals surface area contributed by atoms with E-state index in [0.717, 1.165) is 7.11 Å². The lowest BCUT2D eigenvalue weighted by molar-refractivity contribution is -0.314. The van der Waals surface area contributed by atoms with E-state index in [4.69, 9.17) is 18.9 Å². The Hall–Kier alpha value is -2.60. The molecule has 2 saturated heterocycles. The van der Waals surface area contributed by atoms with Gasteiger partial charge >= 0.3 is 17.9 Å². The van der Waals surface area contributed by atoms with Gasteiger partial charge in [0, 0.05) is 17.4 Å².